The average Bonchev–Trinajstić information content (AvgIpc) is 3.09. The van der Waals surface area contributed by atoms with Crippen LogP contribution in [-0.2, 0) is 9.59 Å². The summed E-state index contributed by atoms with van der Waals surface area (Å²) in [5, 5.41) is 9.17. The van der Waals surface area contributed by atoms with E-state index in [1.54, 1.807) is 24.3 Å². The van der Waals surface area contributed by atoms with E-state index in [4.69, 9.17) is 4.42 Å². The minimum atomic E-state index is -0.931. The van der Waals surface area contributed by atoms with Crippen LogP contribution in [0.1, 0.15) is 44.6 Å². The maximum atomic E-state index is 11.3. The number of hydrogen-bond acceptors (Lipinski definition) is 5. The lowest BCUT2D eigenvalue weighted by Crippen LogP contribution is -2.16. The molecule has 5 nitrogen and oxygen atoms in total. The molecule has 168 valence electrons. The third kappa shape index (κ3) is 6.89. The summed E-state index contributed by atoms with van der Waals surface area (Å²) in [5.74, 6) is 0.260. The molecule has 1 aliphatic rings. The Morgan fingerprint density at radius 3 is 2.75 bits per heavy atom. The normalized spacial score (nSPS) is 14.7. The zero-order valence-electron chi connectivity index (χ0n) is 18.7. The van der Waals surface area contributed by atoms with Crippen LogP contribution in [0.5, 0.6) is 0 Å². The molecule has 1 aromatic heterocycles. The summed E-state index contributed by atoms with van der Waals surface area (Å²) >= 11 is 1.05. The first-order valence-electron chi connectivity index (χ1n) is 10.4. The first kappa shape index (κ1) is 25.0. The number of rotatable bonds is 11. The standard InChI is InChI=1S/C26H29NO4S/c1-5-7-8-12-22(6-2)27(4)19(3)25(32-18-28)17-23-15-16-24(31-23)20-10-9-11-21(14-13-20)26(29)30/h7-10,12-18H,3,5-6,11H2,1-2,4H3,(H,29,30)/b8-7-,22-12+,25-17-. The van der Waals surface area contributed by atoms with Gasteiger partial charge in [-0.3, -0.25) is 4.79 Å². The van der Waals surface area contributed by atoms with E-state index in [0.29, 0.717) is 34.1 Å². The molecule has 1 N–H and O–H groups in total. The maximum Gasteiger partial charge on any atom is 0.331 e. The second-order valence-corrected chi connectivity index (χ2v) is 7.87. The molecular weight excluding hydrogens is 422 g/mol. The van der Waals surface area contributed by atoms with Crippen LogP contribution in [0.3, 0.4) is 0 Å². The minimum absolute atomic E-state index is 0.320. The molecule has 0 spiro atoms. The molecule has 0 fully saturated rings. The molecule has 1 aliphatic carbocycles. The van der Waals surface area contributed by atoms with E-state index in [2.05, 4.69) is 26.5 Å². The predicted molar refractivity (Wildman–Crippen MR) is 133 cm³/mol. The molecule has 6 heteroatoms. The molecule has 0 aliphatic heterocycles. The molecule has 1 heterocycles. The Kier molecular flexibility index (Phi) is 9.82. The third-order valence-corrected chi connectivity index (χ3v) is 5.58. The van der Waals surface area contributed by atoms with E-state index in [1.165, 1.54) is 0 Å². The summed E-state index contributed by atoms with van der Waals surface area (Å²) in [6.07, 6.45) is 17.0. The maximum absolute atomic E-state index is 11.3. The van der Waals surface area contributed by atoms with Gasteiger partial charge in [0.2, 0.25) is 0 Å². The highest BCUT2D eigenvalue weighted by atomic mass is 32.2. The Hall–Kier alpha value is -3.25. The molecular formula is C26H29NO4S. The molecule has 1 aromatic rings. The van der Waals surface area contributed by atoms with Crippen molar-refractivity contribution in [3.05, 3.63) is 94.6 Å². The van der Waals surface area contributed by atoms with Crippen LogP contribution < -0.4 is 0 Å². The Morgan fingerprint density at radius 1 is 1.31 bits per heavy atom. The Bertz CT molecular complexity index is 1030. The van der Waals surface area contributed by atoms with Crippen molar-refractivity contribution in [2.24, 2.45) is 0 Å². The van der Waals surface area contributed by atoms with Crippen LogP contribution in [0.2, 0.25) is 0 Å². The number of carbonyl (C=O) groups excluding carboxylic acids is 1. The molecule has 0 aromatic carbocycles. The van der Waals surface area contributed by atoms with Gasteiger partial charge in [-0.2, -0.15) is 0 Å². The van der Waals surface area contributed by atoms with E-state index < -0.39 is 5.97 Å². The molecule has 0 saturated heterocycles. The van der Waals surface area contributed by atoms with Gasteiger partial charge in [-0.05, 0) is 43.5 Å². The van der Waals surface area contributed by atoms with Crippen molar-refractivity contribution in [1.29, 1.82) is 0 Å². The van der Waals surface area contributed by atoms with Crippen LogP contribution in [0.4, 0.5) is 0 Å². The minimum Gasteiger partial charge on any atom is -0.478 e. The lowest BCUT2D eigenvalue weighted by atomic mass is 10.2. The summed E-state index contributed by atoms with van der Waals surface area (Å²) in [6.45, 7) is 8.34. The van der Waals surface area contributed by atoms with Crippen molar-refractivity contribution in [3.8, 4) is 0 Å². The Morgan fingerprint density at radius 2 is 2.09 bits per heavy atom. The van der Waals surface area contributed by atoms with Crippen LogP contribution in [-0.4, -0.2) is 28.6 Å². The number of furan rings is 1. The van der Waals surface area contributed by atoms with Crippen molar-refractivity contribution < 1.29 is 19.1 Å². The fourth-order valence-corrected chi connectivity index (χ4v) is 3.58. The Labute approximate surface area is 193 Å². The zero-order valence-corrected chi connectivity index (χ0v) is 19.5. The number of aliphatic carboxylic acids is 1. The van der Waals surface area contributed by atoms with Crippen molar-refractivity contribution in [1.82, 2.24) is 4.90 Å². The topological polar surface area (TPSA) is 70.7 Å². The van der Waals surface area contributed by atoms with Crippen LogP contribution >= 0.6 is 11.8 Å². The summed E-state index contributed by atoms with van der Waals surface area (Å²) in [6, 6.07) is 3.64. The van der Waals surface area contributed by atoms with Gasteiger partial charge >= 0.3 is 5.97 Å². The summed E-state index contributed by atoms with van der Waals surface area (Å²) in [5.41, 5.74) is 3.64. The van der Waals surface area contributed by atoms with Crippen molar-refractivity contribution in [2.45, 2.75) is 33.1 Å². The molecule has 0 amide bonds. The SMILES string of the molecule is C=C(/C(=C/c1ccc(C2=CC=C(C(=O)O)CC=C2)o1)SC=O)N(C)/C(=C/C=C\CC)CC. The van der Waals surface area contributed by atoms with E-state index in [1.807, 2.05) is 42.3 Å². The summed E-state index contributed by atoms with van der Waals surface area (Å²) < 4.78 is 5.96. The van der Waals surface area contributed by atoms with Crippen molar-refractivity contribution in [3.63, 3.8) is 0 Å². The number of thioether (sulfide) groups is 1. The number of carbonyl (C=O) groups is 2. The van der Waals surface area contributed by atoms with E-state index in [0.717, 1.165) is 41.5 Å². The van der Waals surface area contributed by atoms with Crippen LogP contribution in [0.15, 0.2) is 87.5 Å². The number of carboxylic acids is 1. The molecule has 0 unspecified atom stereocenters. The number of carboxylic acid groups (broad SMARTS) is 1. The smallest absolute Gasteiger partial charge is 0.331 e. The fraction of sp³-hybridized carbons (Fsp3) is 0.231. The second kappa shape index (κ2) is 12.6. The van der Waals surface area contributed by atoms with Gasteiger partial charge in [0.1, 0.15) is 11.5 Å². The van der Waals surface area contributed by atoms with Crippen LogP contribution in [0, 0.1) is 0 Å². The quantitative estimate of drug-likeness (QED) is 0.302. The lowest BCUT2D eigenvalue weighted by molar-refractivity contribution is -0.132. The Balaban J connectivity index is 2.30. The number of hydrogen-bond donors (Lipinski definition) is 1. The first-order valence-corrected chi connectivity index (χ1v) is 11.3. The summed E-state index contributed by atoms with van der Waals surface area (Å²) in [4.78, 5) is 25.1. The van der Waals surface area contributed by atoms with Gasteiger partial charge in [0.05, 0.1) is 0 Å². The number of nitrogens with zero attached hydrogens (tertiary/aromatic N) is 1. The highest BCUT2D eigenvalue weighted by molar-refractivity contribution is 8.15. The van der Waals surface area contributed by atoms with Gasteiger partial charge in [-0.25, -0.2) is 4.79 Å². The molecule has 0 saturated carbocycles. The van der Waals surface area contributed by atoms with E-state index >= 15 is 0 Å². The second-order valence-electron chi connectivity index (χ2n) is 7.00. The highest BCUT2D eigenvalue weighted by Crippen LogP contribution is 2.30. The van der Waals surface area contributed by atoms with Gasteiger partial charge in [-0.1, -0.05) is 68.6 Å². The van der Waals surface area contributed by atoms with Crippen molar-refractivity contribution in [2.75, 3.05) is 7.05 Å². The van der Waals surface area contributed by atoms with E-state index in [9.17, 15) is 14.7 Å². The fourth-order valence-electron chi connectivity index (χ4n) is 3.02. The third-order valence-electron chi connectivity index (χ3n) is 4.88. The summed E-state index contributed by atoms with van der Waals surface area (Å²) in [7, 11) is 1.93. The molecule has 32 heavy (non-hydrogen) atoms. The molecule has 0 atom stereocenters. The average molecular weight is 452 g/mol. The molecule has 0 bridgehead atoms. The van der Waals surface area contributed by atoms with Gasteiger partial charge in [0, 0.05) is 34.5 Å². The molecule has 2 rings (SSSR count). The molecule has 0 radical (unpaired) electrons. The largest absolute Gasteiger partial charge is 0.478 e. The van der Waals surface area contributed by atoms with Crippen molar-refractivity contribution >= 4 is 35.0 Å². The number of likely N-dealkylation sites (N-methyl/N-ethyl adjacent to an activating group) is 1. The highest BCUT2D eigenvalue weighted by Gasteiger charge is 2.14. The monoisotopic (exact) mass is 451 g/mol. The predicted octanol–water partition coefficient (Wildman–Crippen LogP) is 6.60. The van der Waals surface area contributed by atoms with Gasteiger partial charge in [-0.15, -0.1) is 0 Å². The zero-order chi connectivity index (χ0) is 23.5. The van der Waals surface area contributed by atoms with Crippen LogP contribution in [0.25, 0.3) is 11.6 Å². The lowest BCUT2D eigenvalue weighted by Gasteiger charge is -2.24. The van der Waals surface area contributed by atoms with Gasteiger partial charge < -0.3 is 14.4 Å². The van der Waals surface area contributed by atoms with Gasteiger partial charge in [0.15, 0.2) is 5.62 Å². The van der Waals surface area contributed by atoms with Gasteiger partial charge in [0.25, 0.3) is 0 Å². The first-order chi connectivity index (χ1) is 15.4. The number of allylic oxidation sites excluding steroid dienone is 9. The van der Waals surface area contributed by atoms with E-state index in [-0.39, 0.29) is 0 Å².